The van der Waals surface area contributed by atoms with Crippen molar-refractivity contribution < 1.29 is 31.1 Å². The number of halogens is 3. The van der Waals surface area contributed by atoms with E-state index in [-0.39, 0.29) is 17.3 Å². The zero-order chi connectivity index (χ0) is 20.9. The third-order valence-electron chi connectivity index (χ3n) is 3.76. The minimum Gasteiger partial charge on any atom is -0.406 e. The fourth-order valence-electron chi connectivity index (χ4n) is 2.22. The van der Waals surface area contributed by atoms with Crippen LogP contribution in [0.3, 0.4) is 0 Å². The van der Waals surface area contributed by atoms with Gasteiger partial charge in [0.1, 0.15) is 5.75 Å². The van der Waals surface area contributed by atoms with Crippen LogP contribution in [0.25, 0.3) is 0 Å². The number of carbonyl (C=O) groups excluding carboxylic acids is 1. The number of alkyl halides is 3. The minimum absolute atomic E-state index is 0.00504. The van der Waals surface area contributed by atoms with E-state index in [0.29, 0.717) is 6.42 Å². The molecule has 0 aliphatic heterocycles. The van der Waals surface area contributed by atoms with E-state index in [4.69, 9.17) is 0 Å². The fourth-order valence-corrected chi connectivity index (χ4v) is 3.33. The summed E-state index contributed by atoms with van der Waals surface area (Å²) < 4.78 is 68.3. The smallest absolute Gasteiger partial charge is 0.406 e. The Bertz CT molecular complexity index is 946. The van der Waals surface area contributed by atoms with Crippen molar-refractivity contribution in [2.24, 2.45) is 0 Å². The number of para-hydroxylation sites is 1. The van der Waals surface area contributed by atoms with Crippen molar-refractivity contribution in [2.75, 3.05) is 4.72 Å². The lowest BCUT2D eigenvalue weighted by Crippen LogP contribution is -2.32. The molecule has 2 rings (SSSR count). The summed E-state index contributed by atoms with van der Waals surface area (Å²) in [6, 6.07) is 9.79. The molecule has 0 radical (unpaired) electrons. The number of hydrogen-bond donors (Lipinski definition) is 2. The Labute approximate surface area is 160 Å². The average molecular weight is 416 g/mol. The summed E-state index contributed by atoms with van der Waals surface area (Å²) >= 11 is 0. The van der Waals surface area contributed by atoms with E-state index < -0.39 is 32.9 Å². The molecule has 28 heavy (non-hydrogen) atoms. The fraction of sp³-hybridized carbons (Fsp3) is 0.278. The minimum atomic E-state index is -4.95. The maximum atomic E-state index is 12.6. The summed E-state index contributed by atoms with van der Waals surface area (Å²) in [5.41, 5.74) is 0.0968. The number of anilines is 1. The van der Waals surface area contributed by atoms with Crippen LogP contribution < -0.4 is 14.8 Å². The monoisotopic (exact) mass is 416 g/mol. The quantitative estimate of drug-likeness (QED) is 0.717. The second kappa shape index (κ2) is 8.51. The van der Waals surface area contributed by atoms with Crippen LogP contribution in [-0.4, -0.2) is 26.7 Å². The molecule has 0 aromatic heterocycles. The van der Waals surface area contributed by atoms with Gasteiger partial charge in [0.25, 0.3) is 15.9 Å². The number of sulfonamides is 1. The molecule has 0 fully saturated rings. The van der Waals surface area contributed by atoms with Gasteiger partial charge in [0.15, 0.2) is 0 Å². The first-order chi connectivity index (χ1) is 13.0. The molecule has 0 unspecified atom stereocenters. The van der Waals surface area contributed by atoms with Crippen LogP contribution in [0.2, 0.25) is 0 Å². The third-order valence-corrected chi connectivity index (χ3v) is 5.12. The molecule has 2 aromatic carbocycles. The summed E-state index contributed by atoms with van der Waals surface area (Å²) in [7, 11) is -4.26. The van der Waals surface area contributed by atoms with E-state index in [2.05, 4.69) is 14.8 Å². The van der Waals surface area contributed by atoms with Gasteiger partial charge in [-0.15, -0.1) is 13.2 Å². The number of rotatable bonds is 7. The van der Waals surface area contributed by atoms with Crippen molar-refractivity contribution in [3.63, 3.8) is 0 Å². The molecule has 152 valence electrons. The molecule has 2 aromatic rings. The van der Waals surface area contributed by atoms with Crippen molar-refractivity contribution in [1.29, 1.82) is 0 Å². The Morgan fingerprint density at radius 1 is 1.14 bits per heavy atom. The molecular weight excluding hydrogens is 397 g/mol. The predicted octanol–water partition coefficient (Wildman–Crippen LogP) is 3.91. The van der Waals surface area contributed by atoms with E-state index in [0.717, 1.165) is 24.3 Å². The van der Waals surface area contributed by atoms with Crippen molar-refractivity contribution in [3.05, 3.63) is 54.1 Å². The summed E-state index contributed by atoms with van der Waals surface area (Å²) in [5, 5.41) is 2.73. The van der Waals surface area contributed by atoms with Crippen molar-refractivity contribution in [1.82, 2.24) is 5.32 Å². The first-order valence-electron chi connectivity index (χ1n) is 8.30. The summed E-state index contributed by atoms with van der Waals surface area (Å²) in [4.78, 5) is 11.9. The summed E-state index contributed by atoms with van der Waals surface area (Å²) in [6.45, 7) is 3.69. The third kappa shape index (κ3) is 5.88. The topological polar surface area (TPSA) is 84.5 Å². The molecule has 0 spiro atoms. The SMILES string of the molecule is CC[C@@H](C)NC(=O)c1ccccc1NS(=O)(=O)c1cccc(OC(F)(F)F)c1. The van der Waals surface area contributed by atoms with Gasteiger partial charge in [0.05, 0.1) is 16.1 Å². The zero-order valence-corrected chi connectivity index (χ0v) is 15.9. The zero-order valence-electron chi connectivity index (χ0n) is 15.1. The van der Waals surface area contributed by atoms with E-state index in [9.17, 15) is 26.4 Å². The van der Waals surface area contributed by atoms with Crippen molar-refractivity contribution in [3.8, 4) is 5.75 Å². The van der Waals surface area contributed by atoms with E-state index in [1.165, 1.54) is 18.2 Å². The van der Waals surface area contributed by atoms with Gasteiger partial charge in [-0.3, -0.25) is 9.52 Å². The number of ether oxygens (including phenoxy) is 1. The highest BCUT2D eigenvalue weighted by Gasteiger charge is 2.31. The molecule has 1 amide bonds. The van der Waals surface area contributed by atoms with Gasteiger partial charge in [-0.05, 0) is 37.6 Å². The molecule has 0 heterocycles. The lowest BCUT2D eigenvalue weighted by atomic mass is 10.1. The summed E-state index contributed by atoms with van der Waals surface area (Å²) in [6.07, 6.45) is -4.26. The molecule has 0 aliphatic rings. The molecule has 0 bridgehead atoms. The van der Waals surface area contributed by atoms with Crippen LogP contribution in [0.5, 0.6) is 5.75 Å². The van der Waals surface area contributed by atoms with Gasteiger partial charge >= 0.3 is 6.36 Å². The Morgan fingerprint density at radius 3 is 2.46 bits per heavy atom. The largest absolute Gasteiger partial charge is 0.573 e. The maximum Gasteiger partial charge on any atom is 0.573 e. The van der Waals surface area contributed by atoms with Crippen LogP contribution in [0.4, 0.5) is 18.9 Å². The normalized spacial score (nSPS) is 12.9. The first-order valence-corrected chi connectivity index (χ1v) is 9.78. The first kappa shape index (κ1) is 21.5. The number of benzene rings is 2. The molecule has 0 saturated heterocycles. The Kier molecular flexibility index (Phi) is 6.55. The molecule has 10 heteroatoms. The molecule has 0 aliphatic carbocycles. The Morgan fingerprint density at radius 2 is 1.82 bits per heavy atom. The lowest BCUT2D eigenvalue weighted by molar-refractivity contribution is -0.274. The van der Waals surface area contributed by atoms with Gasteiger partial charge in [-0.25, -0.2) is 8.42 Å². The van der Waals surface area contributed by atoms with Crippen LogP contribution in [0.1, 0.15) is 30.6 Å². The highest BCUT2D eigenvalue weighted by atomic mass is 32.2. The maximum absolute atomic E-state index is 12.6. The van der Waals surface area contributed by atoms with Crippen molar-refractivity contribution >= 4 is 21.6 Å². The predicted molar refractivity (Wildman–Crippen MR) is 97.6 cm³/mol. The van der Waals surface area contributed by atoms with Gasteiger partial charge < -0.3 is 10.1 Å². The van der Waals surface area contributed by atoms with Gasteiger partial charge in [-0.1, -0.05) is 25.1 Å². The second-order valence-corrected chi connectivity index (χ2v) is 7.64. The van der Waals surface area contributed by atoms with Crippen LogP contribution in [0, 0.1) is 0 Å². The van der Waals surface area contributed by atoms with Gasteiger partial charge in [0, 0.05) is 12.1 Å². The number of nitrogens with one attached hydrogen (secondary N) is 2. The van der Waals surface area contributed by atoms with Gasteiger partial charge in [0.2, 0.25) is 0 Å². The number of amides is 1. The number of hydrogen-bond acceptors (Lipinski definition) is 4. The van der Waals surface area contributed by atoms with Crippen LogP contribution >= 0.6 is 0 Å². The van der Waals surface area contributed by atoms with E-state index >= 15 is 0 Å². The highest BCUT2D eigenvalue weighted by Crippen LogP contribution is 2.26. The molecular formula is C18H19F3N2O4S. The highest BCUT2D eigenvalue weighted by molar-refractivity contribution is 7.92. The Balaban J connectivity index is 2.30. The van der Waals surface area contributed by atoms with Crippen molar-refractivity contribution in [2.45, 2.75) is 37.6 Å². The van der Waals surface area contributed by atoms with E-state index in [1.54, 1.807) is 13.0 Å². The Hall–Kier alpha value is -2.75. The number of carbonyl (C=O) groups is 1. The van der Waals surface area contributed by atoms with Crippen LogP contribution in [-0.2, 0) is 10.0 Å². The molecule has 2 N–H and O–H groups in total. The molecule has 6 nitrogen and oxygen atoms in total. The van der Waals surface area contributed by atoms with E-state index in [1.807, 2.05) is 6.92 Å². The standard InChI is InChI=1S/C18H19F3N2O4S/c1-3-12(2)22-17(24)15-9-4-5-10-16(15)23-28(25,26)14-8-6-7-13(11-14)27-18(19,20)21/h4-12,23H,3H2,1-2H3,(H,22,24)/t12-/m1/s1. The van der Waals surface area contributed by atoms with Crippen LogP contribution in [0.15, 0.2) is 53.4 Å². The molecule has 0 saturated carbocycles. The summed E-state index contributed by atoms with van der Waals surface area (Å²) in [5.74, 6) is -1.14. The molecule has 1 atom stereocenters. The van der Waals surface area contributed by atoms with Gasteiger partial charge in [-0.2, -0.15) is 0 Å². The average Bonchev–Trinajstić information content (AvgIpc) is 2.60. The second-order valence-electron chi connectivity index (χ2n) is 5.96. The lowest BCUT2D eigenvalue weighted by Gasteiger charge is -2.16.